The zero-order chi connectivity index (χ0) is 10.0. The van der Waals surface area contributed by atoms with Crippen molar-refractivity contribution in [1.29, 1.82) is 0 Å². The highest BCUT2D eigenvalue weighted by Crippen LogP contribution is 2.29. The van der Waals surface area contributed by atoms with Crippen LogP contribution in [-0.2, 0) is 7.05 Å². The normalized spacial score (nSPS) is 9.92. The molecule has 0 aliphatic heterocycles. The molecule has 0 bridgehead atoms. The second kappa shape index (κ2) is 3.92. The van der Waals surface area contributed by atoms with E-state index in [0.717, 1.165) is 15.8 Å². The summed E-state index contributed by atoms with van der Waals surface area (Å²) in [4.78, 5) is 0. The van der Waals surface area contributed by atoms with Crippen LogP contribution in [0.5, 0.6) is 0 Å². The van der Waals surface area contributed by atoms with Crippen molar-refractivity contribution in [2.45, 2.75) is 20.8 Å². The second-order valence-corrected chi connectivity index (χ2v) is 3.77. The summed E-state index contributed by atoms with van der Waals surface area (Å²) in [5.41, 5.74) is 2.18. The Bertz CT molecular complexity index is 400. The maximum atomic E-state index is 12.9. The van der Waals surface area contributed by atoms with Crippen LogP contribution in [0.1, 0.15) is 19.4 Å². The van der Waals surface area contributed by atoms with E-state index in [1.807, 2.05) is 37.8 Å². The number of benzene rings is 1. The van der Waals surface area contributed by atoms with Crippen LogP contribution in [0.3, 0.4) is 0 Å². The average molecular weight is 199 g/mol. The van der Waals surface area contributed by atoms with E-state index in [1.54, 1.807) is 0 Å². The van der Waals surface area contributed by atoms with Crippen molar-refractivity contribution in [3.8, 4) is 0 Å². The smallest absolute Gasteiger partial charge is 0.144 e. The van der Waals surface area contributed by atoms with Crippen molar-refractivity contribution >= 4 is 21.7 Å². The first kappa shape index (κ1) is 10.3. The minimum Gasteiger partial charge on any atom is -0.299 e. The molecular weight excluding hydrogens is 185 g/mol. The van der Waals surface area contributed by atoms with Gasteiger partial charge in [0.15, 0.2) is 0 Å². The number of hydrogen-bond acceptors (Lipinski definition) is 1. The molecule has 0 saturated heterocycles. The molecule has 0 atom stereocenters. The van der Waals surface area contributed by atoms with E-state index in [2.05, 4.69) is 0 Å². The lowest BCUT2D eigenvalue weighted by Gasteiger charge is -2.11. The number of fused-ring (bicyclic) bond motifs is 1. The van der Waals surface area contributed by atoms with Crippen molar-refractivity contribution in [3.05, 3.63) is 23.5 Å². The van der Waals surface area contributed by atoms with Gasteiger partial charge in [0.2, 0.25) is 0 Å². The molecule has 1 aromatic heterocycles. The van der Waals surface area contributed by atoms with Gasteiger partial charge in [0, 0.05) is 7.05 Å². The molecule has 2 aromatic rings. The molecular formula is C10H14FNS. The van der Waals surface area contributed by atoms with E-state index in [9.17, 15) is 4.39 Å². The Morgan fingerprint density at radius 2 is 1.92 bits per heavy atom. The van der Waals surface area contributed by atoms with Crippen molar-refractivity contribution in [1.82, 2.24) is 3.96 Å². The minimum absolute atomic E-state index is 0.103. The molecule has 13 heavy (non-hydrogen) atoms. The maximum absolute atomic E-state index is 12.9. The number of halogens is 1. The zero-order valence-corrected chi connectivity index (χ0v) is 9.20. The predicted molar refractivity (Wildman–Crippen MR) is 56.8 cm³/mol. The average Bonchev–Trinajstić information content (AvgIpc) is 2.12. The van der Waals surface area contributed by atoms with Gasteiger partial charge in [0.1, 0.15) is 10.5 Å². The van der Waals surface area contributed by atoms with E-state index in [0.29, 0.717) is 0 Å². The van der Waals surface area contributed by atoms with Gasteiger partial charge in [0.25, 0.3) is 0 Å². The molecule has 72 valence electrons. The lowest BCUT2D eigenvalue weighted by molar-refractivity contribution is 0.640. The Balaban J connectivity index is 0.000000396. The fourth-order valence-corrected chi connectivity index (χ4v) is 2.27. The largest absolute Gasteiger partial charge is 0.299 e. The lowest BCUT2D eigenvalue weighted by Crippen LogP contribution is -1.97. The first-order valence-electron chi connectivity index (χ1n) is 4.41. The van der Waals surface area contributed by atoms with Crippen LogP contribution >= 0.6 is 11.5 Å². The molecule has 0 fully saturated rings. The molecule has 0 saturated carbocycles. The summed E-state index contributed by atoms with van der Waals surface area (Å²) in [7, 11) is 1.94. The number of aryl methyl sites for hydroxylation is 2. The summed E-state index contributed by atoms with van der Waals surface area (Å²) in [5, 5.41) is 0. The third kappa shape index (κ3) is 1.61. The van der Waals surface area contributed by atoms with Gasteiger partial charge in [-0.1, -0.05) is 31.4 Å². The topological polar surface area (TPSA) is 4.93 Å². The highest BCUT2D eigenvalue weighted by Gasteiger charge is 2.09. The van der Waals surface area contributed by atoms with E-state index in [4.69, 9.17) is 0 Å². The van der Waals surface area contributed by atoms with Gasteiger partial charge in [-0.15, -0.1) is 0 Å². The lowest BCUT2D eigenvalue weighted by atomic mass is 10.2. The highest BCUT2D eigenvalue weighted by atomic mass is 32.1. The fraction of sp³-hybridized carbons (Fsp3) is 0.400. The van der Waals surface area contributed by atoms with E-state index in [1.165, 1.54) is 17.6 Å². The molecule has 3 heteroatoms. The molecule has 2 rings (SSSR count). The molecule has 1 heterocycles. The van der Waals surface area contributed by atoms with Gasteiger partial charge in [-0.3, -0.25) is 3.96 Å². The predicted octanol–water partition coefficient (Wildman–Crippen LogP) is 3.71. The Hall–Kier alpha value is -0.830. The summed E-state index contributed by atoms with van der Waals surface area (Å²) < 4.78 is 15.7. The van der Waals surface area contributed by atoms with Crippen molar-refractivity contribution in [2.24, 2.45) is 7.05 Å². The van der Waals surface area contributed by atoms with Gasteiger partial charge in [0.05, 0.1) is 5.52 Å². The summed E-state index contributed by atoms with van der Waals surface area (Å²) in [6, 6.07) is 3.33. The minimum atomic E-state index is -0.103. The van der Waals surface area contributed by atoms with Crippen LogP contribution in [-0.4, -0.2) is 3.96 Å². The molecule has 1 nitrogen and oxygen atoms in total. The number of nitrogens with zero attached hydrogens (tertiary/aromatic N) is 1. The van der Waals surface area contributed by atoms with Gasteiger partial charge >= 0.3 is 0 Å². The number of aromatic nitrogens is 1. The Morgan fingerprint density at radius 1 is 1.31 bits per heavy atom. The summed E-state index contributed by atoms with van der Waals surface area (Å²) in [5.74, 6) is -0.103. The SMILES string of the molecule is CC.Cc1ccc(F)c2sn(C)c12. The van der Waals surface area contributed by atoms with Gasteiger partial charge in [-0.2, -0.15) is 0 Å². The van der Waals surface area contributed by atoms with Crippen LogP contribution in [0.4, 0.5) is 4.39 Å². The standard InChI is InChI=1S/C8H8FNS.C2H6/c1-5-3-4-6(9)8-7(5)10(2)11-8;1-2/h3-4H,1-2H3;1-2H3. The maximum Gasteiger partial charge on any atom is 0.144 e. The summed E-state index contributed by atoms with van der Waals surface area (Å²) in [6.45, 7) is 5.99. The summed E-state index contributed by atoms with van der Waals surface area (Å²) in [6.07, 6.45) is 0. The van der Waals surface area contributed by atoms with Gasteiger partial charge in [-0.05, 0) is 18.6 Å². The molecule has 0 spiro atoms. The molecule has 0 radical (unpaired) electrons. The quantitative estimate of drug-likeness (QED) is 0.609. The van der Waals surface area contributed by atoms with E-state index < -0.39 is 0 Å². The Kier molecular flexibility index (Phi) is 3.09. The highest BCUT2D eigenvalue weighted by molar-refractivity contribution is 7.16. The second-order valence-electron chi connectivity index (χ2n) is 2.63. The monoisotopic (exact) mass is 199 g/mol. The fourth-order valence-electron chi connectivity index (χ4n) is 1.27. The van der Waals surface area contributed by atoms with E-state index >= 15 is 0 Å². The van der Waals surface area contributed by atoms with Gasteiger partial charge < -0.3 is 0 Å². The molecule has 1 aromatic carbocycles. The third-order valence-electron chi connectivity index (χ3n) is 1.83. The third-order valence-corrected chi connectivity index (χ3v) is 2.86. The number of hydrogen-bond donors (Lipinski definition) is 0. The molecule has 0 N–H and O–H groups in total. The van der Waals surface area contributed by atoms with Gasteiger partial charge in [-0.25, -0.2) is 4.39 Å². The van der Waals surface area contributed by atoms with Crippen LogP contribution < -0.4 is 0 Å². The zero-order valence-electron chi connectivity index (χ0n) is 8.39. The molecule has 0 unspecified atom stereocenters. The Labute approximate surface area is 81.9 Å². The molecule has 0 aliphatic rings. The first-order chi connectivity index (χ1) is 6.20. The molecule has 0 amide bonds. The van der Waals surface area contributed by atoms with Crippen LogP contribution in [0.25, 0.3) is 10.2 Å². The van der Waals surface area contributed by atoms with Crippen LogP contribution in [0.2, 0.25) is 0 Å². The first-order valence-corrected chi connectivity index (χ1v) is 5.18. The van der Waals surface area contributed by atoms with Crippen LogP contribution in [0.15, 0.2) is 12.1 Å². The van der Waals surface area contributed by atoms with E-state index in [-0.39, 0.29) is 5.82 Å². The van der Waals surface area contributed by atoms with Crippen LogP contribution in [0, 0.1) is 12.7 Å². The van der Waals surface area contributed by atoms with Crippen molar-refractivity contribution < 1.29 is 4.39 Å². The summed E-state index contributed by atoms with van der Waals surface area (Å²) >= 11 is 1.45. The number of rotatable bonds is 0. The molecule has 0 aliphatic carbocycles. The van der Waals surface area contributed by atoms with Crippen molar-refractivity contribution in [2.75, 3.05) is 0 Å². The van der Waals surface area contributed by atoms with Crippen molar-refractivity contribution in [3.63, 3.8) is 0 Å². The Morgan fingerprint density at radius 3 is 2.38 bits per heavy atom.